The minimum atomic E-state index is -4.04. The quantitative estimate of drug-likeness (QED) is 0.235. The minimum Gasteiger partial charge on any atom is -0.350 e. The van der Waals surface area contributed by atoms with E-state index in [1.54, 1.807) is 60.7 Å². The molecule has 1 aliphatic rings. The zero-order chi connectivity index (χ0) is 32.1. The summed E-state index contributed by atoms with van der Waals surface area (Å²) >= 11 is 6.11. The van der Waals surface area contributed by atoms with Gasteiger partial charge in [-0.05, 0) is 53.8 Å². The normalized spacial score (nSPS) is 15.1. The van der Waals surface area contributed by atoms with E-state index in [0.717, 1.165) is 11.1 Å². The summed E-state index contributed by atoms with van der Waals surface area (Å²) in [6, 6.07) is 14.6. The molecule has 0 bridgehead atoms. The Morgan fingerprint density at radius 1 is 1.05 bits per heavy atom. The third-order valence-electron chi connectivity index (χ3n) is 6.85. The van der Waals surface area contributed by atoms with Gasteiger partial charge in [0, 0.05) is 42.7 Å². The fourth-order valence-electron chi connectivity index (χ4n) is 4.83. The fraction of sp³-hybridized carbons (Fsp3) is 0.355. The van der Waals surface area contributed by atoms with Crippen molar-refractivity contribution < 1.29 is 22.8 Å². The Morgan fingerprint density at radius 2 is 1.75 bits per heavy atom. The van der Waals surface area contributed by atoms with Gasteiger partial charge in [-0.1, -0.05) is 61.8 Å². The molecule has 2 heterocycles. The van der Waals surface area contributed by atoms with Gasteiger partial charge in [-0.15, -0.1) is 0 Å². The van der Waals surface area contributed by atoms with Crippen LogP contribution in [-0.2, 0) is 43.2 Å². The maximum Gasteiger partial charge on any atom is 0.243 e. The predicted molar refractivity (Wildman–Crippen MR) is 171 cm³/mol. The summed E-state index contributed by atoms with van der Waals surface area (Å²) in [6.45, 7) is 4.67. The monoisotopic (exact) mass is 642 g/mol. The number of nitrogens with zero attached hydrogens (tertiary/aromatic N) is 2. The molecule has 11 nitrogen and oxygen atoms in total. The number of carbonyl (C=O) groups is 3. The molecule has 2 atom stereocenters. The number of benzene rings is 2. The lowest BCUT2D eigenvalue weighted by Crippen LogP contribution is -2.54. The molecular formula is C31H39ClN6O5S. The van der Waals surface area contributed by atoms with Crippen molar-refractivity contribution in [2.24, 2.45) is 5.73 Å². The SMILES string of the molecule is CC.NCc1ccc(Cl)cc1CNC(=O)[C@@H]1CCCN1C(=O)[C@@H](CC(=O)Nc1ccncc1)NS(=O)(=O)Cc1ccccc1. The molecule has 1 aromatic heterocycles. The Labute approximate surface area is 263 Å². The lowest BCUT2D eigenvalue weighted by Gasteiger charge is -2.28. The van der Waals surface area contributed by atoms with Crippen LogP contribution < -0.4 is 21.1 Å². The van der Waals surface area contributed by atoms with Crippen LogP contribution in [0.5, 0.6) is 0 Å². The molecule has 44 heavy (non-hydrogen) atoms. The number of pyridine rings is 1. The molecule has 0 radical (unpaired) electrons. The largest absolute Gasteiger partial charge is 0.350 e. The van der Waals surface area contributed by atoms with Crippen molar-refractivity contribution >= 4 is 45.0 Å². The molecule has 2 aromatic carbocycles. The molecule has 0 unspecified atom stereocenters. The molecule has 3 amide bonds. The fourth-order valence-corrected chi connectivity index (χ4v) is 6.35. The molecular weight excluding hydrogens is 604 g/mol. The van der Waals surface area contributed by atoms with Crippen LogP contribution in [0.15, 0.2) is 73.1 Å². The van der Waals surface area contributed by atoms with Gasteiger partial charge in [0.2, 0.25) is 27.7 Å². The summed E-state index contributed by atoms with van der Waals surface area (Å²) in [6.07, 6.45) is 3.45. The first-order chi connectivity index (χ1) is 21.1. The van der Waals surface area contributed by atoms with E-state index in [4.69, 9.17) is 17.3 Å². The van der Waals surface area contributed by atoms with Gasteiger partial charge < -0.3 is 21.3 Å². The van der Waals surface area contributed by atoms with E-state index in [1.807, 2.05) is 13.8 Å². The number of halogens is 1. The van der Waals surface area contributed by atoms with Crippen LogP contribution in [0.25, 0.3) is 0 Å². The second-order valence-corrected chi connectivity index (χ2v) is 12.1. The molecule has 0 saturated carbocycles. The highest BCUT2D eigenvalue weighted by Gasteiger charge is 2.39. The highest BCUT2D eigenvalue weighted by atomic mass is 35.5. The predicted octanol–water partition coefficient (Wildman–Crippen LogP) is 3.34. The van der Waals surface area contributed by atoms with E-state index in [2.05, 4.69) is 20.3 Å². The molecule has 0 aliphatic carbocycles. The van der Waals surface area contributed by atoms with Gasteiger partial charge in [-0.25, -0.2) is 13.1 Å². The molecule has 5 N–H and O–H groups in total. The van der Waals surface area contributed by atoms with E-state index in [1.165, 1.54) is 17.3 Å². The average Bonchev–Trinajstić information content (AvgIpc) is 3.51. The molecule has 4 rings (SSSR count). The van der Waals surface area contributed by atoms with Gasteiger partial charge >= 0.3 is 0 Å². The van der Waals surface area contributed by atoms with Gasteiger partial charge in [-0.3, -0.25) is 19.4 Å². The van der Waals surface area contributed by atoms with E-state index in [9.17, 15) is 22.8 Å². The maximum absolute atomic E-state index is 13.8. The summed E-state index contributed by atoms with van der Waals surface area (Å²) in [4.78, 5) is 45.2. The average molecular weight is 643 g/mol. The molecule has 1 aliphatic heterocycles. The summed E-state index contributed by atoms with van der Waals surface area (Å²) in [5.74, 6) is -2.00. The number of rotatable bonds is 12. The Hall–Kier alpha value is -3.84. The first-order valence-corrected chi connectivity index (χ1v) is 16.5. The third kappa shape index (κ3) is 10.1. The first-order valence-electron chi connectivity index (χ1n) is 14.4. The third-order valence-corrected chi connectivity index (χ3v) is 8.44. The minimum absolute atomic E-state index is 0.159. The molecule has 1 fully saturated rings. The van der Waals surface area contributed by atoms with E-state index >= 15 is 0 Å². The highest BCUT2D eigenvalue weighted by molar-refractivity contribution is 7.88. The van der Waals surface area contributed by atoms with Crippen molar-refractivity contribution in [3.8, 4) is 0 Å². The van der Waals surface area contributed by atoms with E-state index in [-0.39, 0.29) is 25.4 Å². The number of sulfonamides is 1. The van der Waals surface area contributed by atoms with Gasteiger partial charge in [0.1, 0.15) is 12.1 Å². The van der Waals surface area contributed by atoms with Crippen LogP contribution in [0.3, 0.4) is 0 Å². The number of likely N-dealkylation sites (tertiary alicyclic amines) is 1. The molecule has 236 valence electrons. The summed E-state index contributed by atoms with van der Waals surface area (Å²) in [5, 5.41) is 6.01. The topological polar surface area (TPSA) is 164 Å². The Kier molecular flexibility index (Phi) is 13.3. The van der Waals surface area contributed by atoms with Crippen LogP contribution in [0.1, 0.15) is 49.8 Å². The molecule has 13 heteroatoms. The van der Waals surface area contributed by atoms with Crippen molar-refractivity contribution in [1.82, 2.24) is 19.9 Å². The van der Waals surface area contributed by atoms with Crippen LogP contribution in [-0.4, -0.2) is 54.7 Å². The number of hydrogen-bond acceptors (Lipinski definition) is 7. The van der Waals surface area contributed by atoms with Gasteiger partial charge in [-0.2, -0.15) is 0 Å². The Bertz CT molecular complexity index is 1510. The van der Waals surface area contributed by atoms with Crippen molar-refractivity contribution in [3.05, 3.63) is 94.8 Å². The van der Waals surface area contributed by atoms with Crippen molar-refractivity contribution in [1.29, 1.82) is 0 Å². The number of aromatic nitrogens is 1. The second-order valence-electron chi connectivity index (χ2n) is 9.93. The van der Waals surface area contributed by atoms with Gasteiger partial charge in [0.05, 0.1) is 12.2 Å². The van der Waals surface area contributed by atoms with Gasteiger partial charge in [0.15, 0.2) is 0 Å². The lowest BCUT2D eigenvalue weighted by molar-refractivity contribution is -0.140. The summed E-state index contributed by atoms with van der Waals surface area (Å²) < 4.78 is 28.6. The molecule has 0 spiro atoms. The van der Waals surface area contributed by atoms with E-state index < -0.39 is 46.2 Å². The lowest BCUT2D eigenvalue weighted by atomic mass is 10.1. The molecule has 3 aromatic rings. The van der Waals surface area contributed by atoms with Crippen LogP contribution in [0.4, 0.5) is 5.69 Å². The smallest absolute Gasteiger partial charge is 0.243 e. The van der Waals surface area contributed by atoms with Gasteiger partial charge in [0.25, 0.3) is 0 Å². The molecule has 1 saturated heterocycles. The number of anilines is 1. The first kappa shape index (κ1) is 34.6. The van der Waals surface area contributed by atoms with Crippen molar-refractivity contribution in [2.45, 2.75) is 64.0 Å². The summed E-state index contributed by atoms with van der Waals surface area (Å²) in [7, 11) is -4.04. The highest BCUT2D eigenvalue weighted by Crippen LogP contribution is 2.21. The summed E-state index contributed by atoms with van der Waals surface area (Å²) in [5.41, 5.74) is 8.37. The number of nitrogens with one attached hydrogen (secondary N) is 3. The van der Waals surface area contributed by atoms with Crippen molar-refractivity contribution in [3.63, 3.8) is 0 Å². The number of amides is 3. The van der Waals surface area contributed by atoms with E-state index in [0.29, 0.717) is 29.1 Å². The van der Waals surface area contributed by atoms with Crippen LogP contribution in [0.2, 0.25) is 5.02 Å². The Morgan fingerprint density at radius 3 is 2.43 bits per heavy atom. The Balaban J connectivity index is 0.00000259. The zero-order valence-corrected chi connectivity index (χ0v) is 26.4. The number of hydrogen-bond donors (Lipinski definition) is 4. The number of nitrogens with two attached hydrogens (primary N) is 1. The van der Waals surface area contributed by atoms with Crippen LogP contribution in [0, 0.1) is 0 Å². The zero-order valence-electron chi connectivity index (χ0n) is 24.8. The number of carbonyl (C=O) groups excluding carboxylic acids is 3. The second kappa shape index (κ2) is 16.9. The maximum atomic E-state index is 13.8. The van der Waals surface area contributed by atoms with Crippen molar-refractivity contribution in [2.75, 3.05) is 11.9 Å². The standard InChI is InChI=1S/C29H33ClN6O5S.C2H6/c30-23-9-8-21(17-31)22(15-23)18-33-28(38)26-7-4-14-36(26)29(39)25(16-27(37)34-24-10-12-32-13-11-24)35-42(40,41)19-20-5-2-1-3-6-20;1-2/h1-3,5-6,8-13,15,25-26,35H,4,7,14,16-19,31H2,(H,33,38)(H,32,34,37);1-2H3/t25-,26+;/m1./s1. The van der Waals surface area contributed by atoms with Crippen LogP contribution >= 0.6 is 11.6 Å².